The summed E-state index contributed by atoms with van der Waals surface area (Å²) in [6.07, 6.45) is 0.500. The van der Waals surface area contributed by atoms with Crippen LogP contribution in [-0.2, 0) is 0 Å². The molecule has 4 rings (SSSR count). The molecule has 0 radical (unpaired) electrons. The van der Waals surface area contributed by atoms with Crippen LogP contribution in [0.2, 0.25) is 0 Å². The first-order valence-corrected chi connectivity index (χ1v) is 9.43. The minimum absolute atomic E-state index is 0.210. The monoisotopic (exact) mass is 414 g/mol. The average molecular weight is 414 g/mol. The van der Waals surface area contributed by atoms with Crippen LogP contribution in [0.3, 0.4) is 0 Å². The number of carbonyl (C=O) groups is 2. The van der Waals surface area contributed by atoms with Crippen molar-refractivity contribution in [1.29, 1.82) is 0 Å². The number of carboxylic acids is 2. The number of aromatic carboxylic acids is 2. The van der Waals surface area contributed by atoms with Crippen molar-refractivity contribution in [3.8, 4) is 0 Å². The Morgan fingerprint density at radius 2 is 1.03 bits per heavy atom. The molecule has 1 aliphatic rings. The van der Waals surface area contributed by atoms with E-state index in [-0.39, 0.29) is 11.1 Å². The highest BCUT2D eigenvalue weighted by atomic mass is 16.4. The maximum absolute atomic E-state index is 11.0. The normalized spacial score (nSPS) is 15.0. The predicted molar refractivity (Wildman–Crippen MR) is 118 cm³/mol. The van der Waals surface area contributed by atoms with Crippen LogP contribution in [0, 0.1) is 0 Å². The molecule has 0 aromatic heterocycles. The van der Waals surface area contributed by atoms with Crippen LogP contribution in [-0.4, -0.2) is 33.6 Å². The molecule has 0 amide bonds. The number of rotatable bonds is 6. The molecule has 0 unspecified atom stereocenters. The molecule has 8 heteroatoms. The number of nitrogens with one attached hydrogen (secondary N) is 2. The first-order valence-electron chi connectivity index (χ1n) is 9.43. The molecule has 0 spiro atoms. The molecule has 0 bridgehead atoms. The van der Waals surface area contributed by atoms with Crippen molar-refractivity contribution < 1.29 is 19.8 Å². The largest absolute Gasteiger partial charge is 0.478 e. The van der Waals surface area contributed by atoms with E-state index in [9.17, 15) is 9.59 Å². The van der Waals surface area contributed by atoms with Crippen LogP contribution in [0.25, 0.3) is 0 Å². The van der Waals surface area contributed by atoms with Gasteiger partial charge in [0.2, 0.25) is 0 Å². The average Bonchev–Trinajstić information content (AvgIpc) is 3.14. The second-order valence-corrected chi connectivity index (χ2v) is 6.83. The van der Waals surface area contributed by atoms with Crippen molar-refractivity contribution >= 4 is 34.7 Å². The Balaban J connectivity index is 1.52. The smallest absolute Gasteiger partial charge is 0.335 e. The fourth-order valence-electron chi connectivity index (χ4n) is 3.17. The Hall–Kier alpha value is -4.46. The number of anilines is 2. The standard InChI is InChI=1S/C23H18N4O4/c28-22(29)14-5-9-16(10-6-14)24-26-20-13-21(19-4-2-1-3-18(19)20)27-25-17-11-7-15(8-12-17)23(30)31/h1-12,24-25H,13H2,(H,28,29)(H,30,31)/b26-20-,27-21+. The van der Waals surface area contributed by atoms with Gasteiger partial charge in [-0.15, -0.1) is 0 Å². The summed E-state index contributed by atoms with van der Waals surface area (Å²) in [5.41, 5.74) is 11.2. The summed E-state index contributed by atoms with van der Waals surface area (Å²) in [6, 6.07) is 20.5. The van der Waals surface area contributed by atoms with E-state index in [1.54, 1.807) is 24.3 Å². The molecule has 3 aromatic carbocycles. The Morgan fingerprint density at radius 1 is 0.645 bits per heavy atom. The molecule has 31 heavy (non-hydrogen) atoms. The van der Waals surface area contributed by atoms with Gasteiger partial charge in [-0.3, -0.25) is 10.9 Å². The predicted octanol–water partition coefficient (Wildman–Crippen LogP) is 4.12. The maximum atomic E-state index is 11.0. The van der Waals surface area contributed by atoms with Crippen molar-refractivity contribution in [2.45, 2.75) is 6.42 Å². The molecule has 0 saturated heterocycles. The molecule has 0 heterocycles. The summed E-state index contributed by atoms with van der Waals surface area (Å²) in [4.78, 5) is 21.9. The maximum Gasteiger partial charge on any atom is 0.335 e. The van der Waals surface area contributed by atoms with E-state index in [1.165, 1.54) is 24.3 Å². The number of hydrogen-bond donors (Lipinski definition) is 4. The number of carboxylic acid groups (broad SMARTS) is 2. The summed E-state index contributed by atoms with van der Waals surface area (Å²) < 4.78 is 0. The van der Waals surface area contributed by atoms with E-state index < -0.39 is 11.9 Å². The van der Waals surface area contributed by atoms with Crippen molar-refractivity contribution in [3.63, 3.8) is 0 Å². The second kappa shape index (κ2) is 8.50. The van der Waals surface area contributed by atoms with Crippen LogP contribution >= 0.6 is 0 Å². The zero-order valence-corrected chi connectivity index (χ0v) is 16.2. The minimum atomic E-state index is -0.978. The molecular weight excluding hydrogens is 396 g/mol. The molecule has 0 atom stereocenters. The lowest BCUT2D eigenvalue weighted by Gasteiger charge is -2.03. The fraction of sp³-hybridized carbons (Fsp3) is 0.0435. The van der Waals surface area contributed by atoms with Gasteiger partial charge in [0.15, 0.2) is 0 Å². The zero-order chi connectivity index (χ0) is 21.8. The third kappa shape index (κ3) is 4.43. The number of fused-ring (bicyclic) bond motifs is 1. The number of nitrogens with zero attached hydrogens (tertiary/aromatic N) is 2. The van der Waals surface area contributed by atoms with Gasteiger partial charge < -0.3 is 10.2 Å². The highest BCUT2D eigenvalue weighted by Crippen LogP contribution is 2.24. The summed E-state index contributed by atoms with van der Waals surface area (Å²) >= 11 is 0. The summed E-state index contributed by atoms with van der Waals surface area (Å²) in [5.74, 6) is -1.96. The van der Waals surface area contributed by atoms with E-state index in [1.807, 2.05) is 24.3 Å². The van der Waals surface area contributed by atoms with Gasteiger partial charge in [-0.05, 0) is 48.5 Å². The fourth-order valence-corrected chi connectivity index (χ4v) is 3.17. The zero-order valence-electron chi connectivity index (χ0n) is 16.2. The molecule has 8 nitrogen and oxygen atoms in total. The van der Waals surface area contributed by atoms with E-state index in [0.717, 1.165) is 22.6 Å². The lowest BCUT2D eigenvalue weighted by Crippen LogP contribution is -2.03. The molecule has 3 aromatic rings. The van der Waals surface area contributed by atoms with E-state index in [2.05, 4.69) is 21.1 Å². The lowest BCUT2D eigenvalue weighted by atomic mass is 10.1. The Labute approximate surface area is 177 Å². The molecule has 0 saturated carbocycles. The Kier molecular flexibility index (Phi) is 5.44. The third-order valence-corrected chi connectivity index (χ3v) is 4.79. The van der Waals surface area contributed by atoms with E-state index >= 15 is 0 Å². The van der Waals surface area contributed by atoms with Gasteiger partial charge in [0.05, 0.1) is 33.9 Å². The quantitative estimate of drug-likeness (QED) is 0.450. The highest BCUT2D eigenvalue weighted by molar-refractivity contribution is 6.28. The molecule has 154 valence electrons. The van der Waals surface area contributed by atoms with Gasteiger partial charge in [0, 0.05) is 17.5 Å². The van der Waals surface area contributed by atoms with Gasteiger partial charge in [-0.1, -0.05) is 24.3 Å². The molecule has 1 aliphatic carbocycles. The summed E-state index contributed by atoms with van der Waals surface area (Å²) in [5, 5.41) is 27.0. The SMILES string of the molecule is O=C(O)c1ccc(N/N=C2/C/C(=N\Nc3ccc(C(=O)O)cc3)c3ccccc32)cc1. The Morgan fingerprint density at radius 3 is 1.39 bits per heavy atom. The highest BCUT2D eigenvalue weighted by Gasteiger charge is 2.23. The van der Waals surface area contributed by atoms with Crippen LogP contribution < -0.4 is 10.9 Å². The van der Waals surface area contributed by atoms with Crippen molar-refractivity contribution in [2.75, 3.05) is 10.9 Å². The van der Waals surface area contributed by atoms with Gasteiger partial charge in [-0.25, -0.2) is 9.59 Å². The van der Waals surface area contributed by atoms with Crippen LogP contribution in [0.5, 0.6) is 0 Å². The minimum Gasteiger partial charge on any atom is -0.478 e. The van der Waals surface area contributed by atoms with Crippen molar-refractivity contribution in [1.82, 2.24) is 0 Å². The molecular formula is C23H18N4O4. The van der Waals surface area contributed by atoms with Gasteiger partial charge in [0.25, 0.3) is 0 Å². The van der Waals surface area contributed by atoms with Crippen LogP contribution in [0.4, 0.5) is 11.4 Å². The first kappa shape index (κ1) is 19.8. The van der Waals surface area contributed by atoms with E-state index in [4.69, 9.17) is 10.2 Å². The summed E-state index contributed by atoms with van der Waals surface area (Å²) in [7, 11) is 0. The van der Waals surface area contributed by atoms with Crippen molar-refractivity contribution in [3.05, 3.63) is 95.1 Å². The van der Waals surface area contributed by atoms with Gasteiger partial charge in [-0.2, -0.15) is 10.2 Å². The van der Waals surface area contributed by atoms with Crippen molar-refractivity contribution in [2.24, 2.45) is 10.2 Å². The Bertz CT molecular complexity index is 1100. The molecule has 4 N–H and O–H groups in total. The second-order valence-electron chi connectivity index (χ2n) is 6.83. The number of hydrazone groups is 2. The van der Waals surface area contributed by atoms with Crippen LogP contribution in [0.1, 0.15) is 38.3 Å². The number of benzene rings is 3. The first-order chi connectivity index (χ1) is 15.0. The topological polar surface area (TPSA) is 123 Å². The third-order valence-electron chi connectivity index (χ3n) is 4.79. The molecule has 0 aliphatic heterocycles. The van der Waals surface area contributed by atoms with Crippen LogP contribution in [0.15, 0.2) is 83.0 Å². The molecule has 0 fully saturated rings. The summed E-state index contributed by atoms with van der Waals surface area (Å²) in [6.45, 7) is 0. The van der Waals surface area contributed by atoms with E-state index in [0.29, 0.717) is 17.8 Å². The van der Waals surface area contributed by atoms with Gasteiger partial charge in [0.1, 0.15) is 0 Å². The number of hydrogen-bond acceptors (Lipinski definition) is 6. The van der Waals surface area contributed by atoms with Gasteiger partial charge >= 0.3 is 11.9 Å². The lowest BCUT2D eigenvalue weighted by molar-refractivity contribution is 0.0686.